The molecular weight excluding hydrogens is 150 g/mol. The Morgan fingerprint density at radius 3 is 2.50 bits per heavy atom. The summed E-state index contributed by atoms with van der Waals surface area (Å²) in [5, 5.41) is 0. The van der Waals surface area contributed by atoms with Crippen LogP contribution in [0.1, 0.15) is 33.6 Å². The molecule has 0 saturated carbocycles. The maximum Gasteiger partial charge on any atom is 0.138 e. The number of Topliss-reactive ketones (excluding diaryl/α,β-unsaturated/α-hetero) is 1. The molecule has 0 aliphatic rings. The maximum atomic E-state index is 11.3. The molecule has 0 aromatic rings. The van der Waals surface area contributed by atoms with Gasteiger partial charge in [0, 0.05) is 24.8 Å². The van der Waals surface area contributed by atoms with Crippen molar-refractivity contribution in [3.05, 3.63) is 0 Å². The van der Waals surface area contributed by atoms with Gasteiger partial charge in [0.05, 0.1) is 0 Å². The van der Waals surface area contributed by atoms with E-state index < -0.39 is 0 Å². The Hall–Kier alpha value is -0.810. The second-order valence-electron chi connectivity index (χ2n) is 3.04. The van der Waals surface area contributed by atoms with Crippen molar-refractivity contribution in [1.29, 1.82) is 0 Å². The maximum absolute atomic E-state index is 11.3. The predicted molar refractivity (Wildman–Crippen MR) is 50.5 cm³/mol. The first-order chi connectivity index (χ1) is 5.59. The summed E-state index contributed by atoms with van der Waals surface area (Å²) >= 11 is 0. The van der Waals surface area contributed by atoms with Crippen molar-refractivity contribution < 1.29 is 4.79 Å². The Labute approximate surface area is 74.5 Å². The van der Waals surface area contributed by atoms with Crippen LogP contribution in [0.25, 0.3) is 0 Å². The van der Waals surface area contributed by atoms with Crippen LogP contribution >= 0.6 is 0 Å². The van der Waals surface area contributed by atoms with Gasteiger partial charge in [-0.15, -0.1) is 11.8 Å². The van der Waals surface area contributed by atoms with Crippen molar-refractivity contribution in [2.75, 3.05) is 0 Å². The minimum atomic E-state index is -0.0490. The second-order valence-corrected chi connectivity index (χ2v) is 3.04. The predicted octanol–water partition coefficient (Wildman–Crippen LogP) is 1.34. The first-order valence-corrected chi connectivity index (χ1v) is 4.27. The quantitative estimate of drug-likeness (QED) is 0.642. The van der Waals surface area contributed by atoms with Gasteiger partial charge in [-0.2, -0.15) is 0 Å². The molecule has 0 aliphatic carbocycles. The summed E-state index contributed by atoms with van der Waals surface area (Å²) in [4.78, 5) is 11.3. The third-order valence-electron chi connectivity index (χ3n) is 1.97. The molecule has 0 radical (unpaired) electrons. The molecule has 0 amide bonds. The molecule has 0 fully saturated rings. The summed E-state index contributed by atoms with van der Waals surface area (Å²) in [5.74, 6) is 5.80. The zero-order chi connectivity index (χ0) is 9.56. The second kappa shape index (κ2) is 5.79. The van der Waals surface area contributed by atoms with Crippen LogP contribution in [-0.2, 0) is 4.79 Å². The van der Waals surface area contributed by atoms with E-state index in [2.05, 4.69) is 11.8 Å². The number of nitrogens with two attached hydrogens (primary N) is 1. The van der Waals surface area contributed by atoms with Crippen molar-refractivity contribution in [2.45, 2.75) is 39.7 Å². The Kier molecular flexibility index (Phi) is 5.40. The molecule has 0 heterocycles. The number of rotatable bonds is 4. The van der Waals surface area contributed by atoms with Gasteiger partial charge in [-0.05, 0) is 13.8 Å². The summed E-state index contributed by atoms with van der Waals surface area (Å²) in [7, 11) is 0. The van der Waals surface area contributed by atoms with Gasteiger partial charge >= 0.3 is 0 Å². The smallest absolute Gasteiger partial charge is 0.138 e. The summed E-state index contributed by atoms with van der Waals surface area (Å²) in [6.07, 6.45) is 1.19. The SMILES string of the molecule is CC#CCCC(=O)C(C)C(C)N. The van der Waals surface area contributed by atoms with Gasteiger partial charge in [-0.25, -0.2) is 0 Å². The van der Waals surface area contributed by atoms with Crippen molar-refractivity contribution in [3.8, 4) is 11.8 Å². The average molecular weight is 167 g/mol. The summed E-state index contributed by atoms with van der Waals surface area (Å²) in [5.41, 5.74) is 5.58. The summed E-state index contributed by atoms with van der Waals surface area (Å²) < 4.78 is 0. The molecule has 2 nitrogen and oxygen atoms in total. The van der Waals surface area contributed by atoms with Gasteiger partial charge in [-0.3, -0.25) is 4.79 Å². The highest BCUT2D eigenvalue weighted by molar-refractivity contribution is 5.81. The van der Waals surface area contributed by atoms with Gasteiger partial charge in [0.1, 0.15) is 5.78 Å². The van der Waals surface area contributed by atoms with Crippen LogP contribution in [0, 0.1) is 17.8 Å². The normalized spacial score (nSPS) is 14.3. The Morgan fingerprint density at radius 2 is 2.08 bits per heavy atom. The number of ketones is 1. The topological polar surface area (TPSA) is 43.1 Å². The molecule has 0 aromatic heterocycles. The van der Waals surface area contributed by atoms with E-state index >= 15 is 0 Å². The minimum Gasteiger partial charge on any atom is -0.327 e. The molecule has 0 aliphatic heterocycles. The molecule has 0 bridgehead atoms. The van der Waals surface area contributed by atoms with Gasteiger partial charge in [0.25, 0.3) is 0 Å². The van der Waals surface area contributed by atoms with Crippen molar-refractivity contribution in [2.24, 2.45) is 11.7 Å². The van der Waals surface area contributed by atoms with E-state index in [9.17, 15) is 4.79 Å². The van der Waals surface area contributed by atoms with E-state index in [-0.39, 0.29) is 17.7 Å². The lowest BCUT2D eigenvalue weighted by Crippen LogP contribution is -2.30. The zero-order valence-electron chi connectivity index (χ0n) is 8.05. The van der Waals surface area contributed by atoms with Crippen LogP contribution in [0.2, 0.25) is 0 Å². The lowest BCUT2D eigenvalue weighted by atomic mass is 9.96. The molecule has 2 N–H and O–H groups in total. The van der Waals surface area contributed by atoms with E-state index in [0.717, 1.165) is 0 Å². The fraction of sp³-hybridized carbons (Fsp3) is 0.700. The molecule has 2 atom stereocenters. The highest BCUT2D eigenvalue weighted by Gasteiger charge is 2.15. The molecule has 2 heteroatoms. The van der Waals surface area contributed by atoms with E-state index in [0.29, 0.717) is 12.8 Å². The number of hydrogen-bond donors (Lipinski definition) is 1. The van der Waals surface area contributed by atoms with Gasteiger partial charge in [0.15, 0.2) is 0 Å². The Bertz CT molecular complexity index is 198. The zero-order valence-corrected chi connectivity index (χ0v) is 8.05. The third kappa shape index (κ3) is 4.15. The Morgan fingerprint density at radius 1 is 1.50 bits per heavy atom. The van der Waals surface area contributed by atoms with Gasteiger partial charge < -0.3 is 5.73 Å². The van der Waals surface area contributed by atoms with Crippen LogP contribution in [0.5, 0.6) is 0 Å². The molecular formula is C10H17NO. The lowest BCUT2D eigenvalue weighted by Gasteiger charge is -2.12. The van der Waals surface area contributed by atoms with Crippen LogP contribution in [0.15, 0.2) is 0 Å². The molecule has 68 valence electrons. The highest BCUT2D eigenvalue weighted by atomic mass is 16.1. The van der Waals surface area contributed by atoms with E-state index in [1.807, 2.05) is 13.8 Å². The lowest BCUT2D eigenvalue weighted by molar-refractivity contribution is -0.122. The standard InChI is InChI=1S/C10H17NO/c1-4-5-6-7-10(12)8(2)9(3)11/h8-9H,6-7,11H2,1-3H3. The summed E-state index contributed by atoms with van der Waals surface area (Å²) in [6.45, 7) is 5.50. The number of carbonyl (C=O) groups excluding carboxylic acids is 1. The molecule has 0 aromatic carbocycles. The van der Waals surface area contributed by atoms with Gasteiger partial charge in [0.2, 0.25) is 0 Å². The van der Waals surface area contributed by atoms with Crippen LogP contribution in [0.4, 0.5) is 0 Å². The van der Waals surface area contributed by atoms with Crippen molar-refractivity contribution in [3.63, 3.8) is 0 Å². The Balaban J connectivity index is 3.77. The minimum absolute atomic E-state index is 0.0383. The first kappa shape index (κ1) is 11.2. The molecule has 2 unspecified atom stereocenters. The van der Waals surface area contributed by atoms with E-state index in [1.54, 1.807) is 6.92 Å². The van der Waals surface area contributed by atoms with Crippen LogP contribution < -0.4 is 5.73 Å². The molecule has 0 spiro atoms. The fourth-order valence-electron chi connectivity index (χ4n) is 0.832. The largest absolute Gasteiger partial charge is 0.327 e. The molecule has 12 heavy (non-hydrogen) atoms. The highest BCUT2D eigenvalue weighted by Crippen LogP contribution is 2.05. The van der Waals surface area contributed by atoms with Crippen molar-refractivity contribution in [1.82, 2.24) is 0 Å². The first-order valence-electron chi connectivity index (χ1n) is 4.27. The molecule has 0 saturated heterocycles. The molecule has 0 rings (SSSR count). The number of hydrogen-bond acceptors (Lipinski definition) is 2. The van der Waals surface area contributed by atoms with Gasteiger partial charge in [-0.1, -0.05) is 6.92 Å². The monoisotopic (exact) mass is 167 g/mol. The number of carbonyl (C=O) groups is 1. The van der Waals surface area contributed by atoms with E-state index in [1.165, 1.54) is 0 Å². The fourth-order valence-corrected chi connectivity index (χ4v) is 0.832. The van der Waals surface area contributed by atoms with Crippen molar-refractivity contribution >= 4 is 5.78 Å². The average Bonchev–Trinajstić information content (AvgIpc) is 2.03. The van der Waals surface area contributed by atoms with Crippen LogP contribution in [-0.4, -0.2) is 11.8 Å². The van der Waals surface area contributed by atoms with E-state index in [4.69, 9.17) is 5.73 Å². The van der Waals surface area contributed by atoms with Crippen LogP contribution in [0.3, 0.4) is 0 Å². The third-order valence-corrected chi connectivity index (χ3v) is 1.97. The summed E-state index contributed by atoms with van der Waals surface area (Å²) in [6, 6.07) is -0.0490.